The third kappa shape index (κ3) is 3.44. The molecule has 6 nitrogen and oxygen atoms in total. The number of carbonyl (C=O) groups excluding carboxylic acids is 1. The lowest BCUT2D eigenvalue weighted by Gasteiger charge is -2.33. The highest BCUT2D eigenvalue weighted by Gasteiger charge is 2.30. The summed E-state index contributed by atoms with van der Waals surface area (Å²) in [7, 11) is -3.50. The van der Waals surface area contributed by atoms with Gasteiger partial charge in [-0.3, -0.25) is 4.79 Å². The average molecular weight is 358 g/mol. The van der Waals surface area contributed by atoms with E-state index in [2.05, 4.69) is 4.98 Å². The van der Waals surface area contributed by atoms with Crippen molar-refractivity contribution in [2.45, 2.75) is 37.1 Å². The number of hydrogen-bond acceptors (Lipinski definition) is 4. The van der Waals surface area contributed by atoms with E-state index in [0.717, 1.165) is 37.3 Å². The fourth-order valence-electron chi connectivity index (χ4n) is 3.14. The molecule has 2 aliphatic heterocycles. The molecule has 0 aromatic carbocycles. The van der Waals surface area contributed by atoms with Crippen LogP contribution in [0.1, 0.15) is 36.7 Å². The smallest absolute Gasteiger partial charge is 0.270 e. The van der Waals surface area contributed by atoms with Crippen molar-refractivity contribution in [1.29, 1.82) is 0 Å². The Morgan fingerprint density at radius 2 is 2.00 bits per heavy atom. The zero-order chi connectivity index (χ0) is 16.4. The second-order valence-electron chi connectivity index (χ2n) is 6.11. The van der Waals surface area contributed by atoms with E-state index < -0.39 is 10.0 Å². The molecule has 2 aliphatic rings. The molecule has 0 saturated carbocycles. The maximum absolute atomic E-state index is 12.6. The van der Waals surface area contributed by atoms with Crippen LogP contribution in [0, 0.1) is 0 Å². The first-order valence-corrected chi connectivity index (χ1v) is 10.7. The van der Waals surface area contributed by atoms with Gasteiger partial charge in [0.15, 0.2) is 0 Å². The van der Waals surface area contributed by atoms with Gasteiger partial charge >= 0.3 is 0 Å². The van der Waals surface area contributed by atoms with Crippen LogP contribution in [0.5, 0.6) is 0 Å². The van der Waals surface area contributed by atoms with Gasteiger partial charge in [0.25, 0.3) is 5.91 Å². The summed E-state index contributed by atoms with van der Waals surface area (Å²) >= 11 is 1.76. The molecule has 3 rings (SSSR count). The summed E-state index contributed by atoms with van der Waals surface area (Å²) in [5.74, 6) is 1.54. The monoisotopic (exact) mass is 357 g/mol. The van der Waals surface area contributed by atoms with Crippen molar-refractivity contribution in [3.05, 3.63) is 18.0 Å². The minimum atomic E-state index is -3.50. The zero-order valence-corrected chi connectivity index (χ0v) is 15.0. The summed E-state index contributed by atoms with van der Waals surface area (Å²) < 4.78 is 26.8. The molecule has 23 heavy (non-hydrogen) atoms. The highest BCUT2D eigenvalue weighted by molar-refractivity contribution is 7.99. The van der Waals surface area contributed by atoms with Crippen LogP contribution in [0.4, 0.5) is 0 Å². The molecule has 1 aromatic heterocycles. The lowest BCUT2D eigenvalue weighted by molar-refractivity contribution is 0.0630. The Kier molecular flexibility index (Phi) is 5.03. The summed E-state index contributed by atoms with van der Waals surface area (Å²) in [6, 6.07) is 1.69. The maximum atomic E-state index is 12.6. The predicted octanol–water partition coefficient (Wildman–Crippen LogP) is 1.77. The predicted molar refractivity (Wildman–Crippen MR) is 91.2 cm³/mol. The number of aromatic amines is 1. The summed E-state index contributed by atoms with van der Waals surface area (Å²) in [5, 5.41) is 0. The number of sulfonamides is 1. The highest BCUT2D eigenvalue weighted by atomic mass is 32.2. The normalized spacial score (nSPS) is 23.9. The topological polar surface area (TPSA) is 73.5 Å². The van der Waals surface area contributed by atoms with Crippen molar-refractivity contribution in [2.24, 2.45) is 0 Å². The Hall–Kier alpha value is -0.990. The van der Waals surface area contributed by atoms with Crippen LogP contribution in [-0.2, 0) is 10.0 Å². The number of carbonyl (C=O) groups is 1. The molecule has 0 radical (unpaired) electrons. The van der Waals surface area contributed by atoms with Gasteiger partial charge in [-0.05, 0) is 32.3 Å². The van der Waals surface area contributed by atoms with Crippen LogP contribution in [0.25, 0.3) is 0 Å². The van der Waals surface area contributed by atoms with Gasteiger partial charge in [0.05, 0.1) is 0 Å². The largest absolute Gasteiger partial charge is 0.356 e. The molecule has 128 valence electrons. The first kappa shape index (κ1) is 16.9. The third-order valence-electron chi connectivity index (χ3n) is 4.56. The molecule has 2 fully saturated rings. The van der Waals surface area contributed by atoms with E-state index in [1.807, 2.05) is 11.8 Å². The van der Waals surface area contributed by atoms with Gasteiger partial charge in [0.1, 0.15) is 10.6 Å². The standard InChI is InChI=1S/C15H23N3O3S2/c1-12-4-2-3-5-18(12)15(19)14-10-13(11-16-14)23(20,21)17-6-8-22-9-7-17/h10-12,16H,2-9H2,1H3. The van der Waals surface area contributed by atoms with Gasteiger partial charge in [-0.25, -0.2) is 8.42 Å². The molecule has 1 unspecified atom stereocenters. The summed E-state index contributed by atoms with van der Waals surface area (Å²) in [4.78, 5) is 17.5. The van der Waals surface area contributed by atoms with E-state index in [4.69, 9.17) is 0 Å². The fraction of sp³-hybridized carbons (Fsp3) is 0.667. The summed E-state index contributed by atoms with van der Waals surface area (Å²) in [6.07, 6.45) is 4.59. The van der Waals surface area contributed by atoms with Crippen LogP contribution >= 0.6 is 11.8 Å². The highest BCUT2D eigenvalue weighted by Crippen LogP contribution is 2.23. The van der Waals surface area contributed by atoms with Crippen molar-refractivity contribution >= 4 is 27.7 Å². The van der Waals surface area contributed by atoms with E-state index in [1.54, 1.807) is 11.8 Å². The first-order valence-electron chi connectivity index (χ1n) is 8.07. The van der Waals surface area contributed by atoms with Crippen molar-refractivity contribution in [3.8, 4) is 0 Å². The zero-order valence-electron chi connectivity index (χ0n) is 13.3. The number of amides is 1. The number of likely N-dealkylation sites (tertiary alicyclic amines) is 1. The summed E-state index contributed by atoms with van der Waals surface area (Å²) in [6.45, 7) is 3.85. The van der Waals surface area contributed by atoms with Gasteiger partial charge < -0.3 is 9.88 Å². The molecule has 8 heteroatoms. The van der Waals surface area contributed by atoms with Crippen molar-refractivity contribution in [3.63, 3.8) is 0 Å². The average Bonchev–Trinajstić information content (AvgIpc) is 3.06. The lowest BCUT2D eigenvalue weighted by Crippen LogP contribution is -2.42. The minimum Gasteiger partial charge on any atom is -0.356 e. The molecule has 1 atom stereocenters. The second kappa shape index (κ2) is 6.86. The number of H-pyrrole nitrogens is 1. The molecule has 0 aliphatic carbocycles. The van der Waals surface area contributed by atoms with Gasteiger partial charge in [-0.2, -0.15) is 16.1 Å². The van der Waals surface area contributed by atoms with Crippen LogP contribution in [0.2, 0.25) is 0 Å². The Bertz CT molecular complexity index is 665. The van der Waals surface area contributed by atoms with Crippen LogP contribution in [0.3, 0.4) is 0 Å². The van der Waals surface area contributed by atoms with Crippen molar-refractivity contribution in [2.75, 3.05) is 31.1 Å². The molecule has 0 bridgehead atoms. The third-order valence-corrected chi connectivity index (χ3v) is 7.38. The van der Waals surface area contributed by atoms with E-state index in [9.17, 15) is 13.2 Å². The molecule has 0 spiro atoms. The molecular weight excluding hydrogens is 334 g/mol. The Morgan fingerprint density at radius 3 is 2.70 bits per heavy atom. The quantitative estimate of drug-likeness (QED) is 0.895. The van der Waals surface area contributed by atoms with E-state index in [0.29, 0.717) is 18.8 Å². The van der Waals surface area contributed by atoms with Crippen LogP contribution in [-0.4, -0.2) is 65.7 Å². The molecule has 1 N–H and O–H groups in total. The van der Waals surface area contributed by atoms with Gasteiger partial charge in [0, 0.05) is 43.4 Å². The molecular formula is C15H23N3O3S2. The number of nitrogens with zero attached hydrogens (tertiary/aromatic N) is 2. The van der Waals surface area contributed by atoms with Crippen LogP contribution < -0.4 is 0 Å². The number of rotatable bonds is 3. The number of aromatic nitrogens is 1. The number of nitrogens with one attached hydrogen (secondary N) is 1. The first-order chi connectivity index (χ1) is 11.0. The molecule has 2 saturated heterocycles. The van der Waals surface area contributed by atoms with Gasteiger partial charge in [-0.1, -0.05) is 0 Å². The minimum absolute atomic E-state index is 0.104. The lowest BCUT2D eigenvalue weighted by atomic mass is 10.0. The SMILES string of the molecule is CC1CCCCN1C(=O)c1cc(S(=O)(=O)N2CCSCC2)c[nH]1. The molecule has 1 aromatic rings. The van der Waals surface area contributed by atoms with E-state index in [-0.39, 0.29) is 16.8 Å². The number of hydrogen-bond donors (Lipinski definition) is 1. The second-order valence-corrected chi connectivity index (χ2v) is 9.27. The Morgan fingerprint density at radius 1 is 1.26 bits per heavy atom. The Labute approximate surface area is 141 Å². The summed E-state index contributed by atoms with van der Waals surface area (Å²) in [5.41, 5.74) is 0.365. The van der Waals surface area contributed by atoms with Gasteiger partial charge in [0.2, 0.25) is 10.0 Å². The van der Waals surface area contributed by atoms with E-state index in [1.165, 1.54) is 16.6 Å². The van der Waals surface area contributed by atoms with Crippen molar-refractivity contribution in [1.82, 2.24) is 14.2 Å². The number of thioether (sulfide) groups is 1. The molecule has 3 heterocycles. The van der Waals surface area contributed by atoms with E-state index >= 15 is 0 Å². The van der Waals surface area contributed by atoms with Gasteiger partial charge in [-0.15, -0.1) is 0 Å². The fourth-order valence-corrected chi connectivity index (χ4v) is 5.71. The molecule has 1 amide bonds. The Balaban J connectivity index is 1.78. The number of piperidine rings is 1. The maximum Gasteiger partial charge on any atom is 0.270 e. The van der Waals surface area contributed by atoms with Crippen molar-refractivity contribution < 1.29 is 13.2 Å². The van der Waals surface area contributed by atoms with Crippen LogP contribution in [0.15, 0.2) is 17.2 Å².